The zero-order valence-corrected chi connectivity index (χ0v) is 16.2. The second-order valence-corrected chi connectivity index (χ2v) is 8.77. The van der Waals surface area contributed by atoms with Gasteiger partial charge in [-0.15, -0.1) is 0 Å². The van der Waals surface area contributed by atoms with Gasteiger partial charge in [-0.1, -0.05) is 26.8 Å². The van der Waals surface area contributed by atoms with Crippen molar-refractivity contribution in [3.05, 3.63) is 29.6 Å². The number of aryl methyl sites for hydroxylation is 1. The maximum absolute atomic E-state index is 13.6. The van der Waals surface area contributed by atoms with Crippen molar-refractivity contribution in [2.75, 3.05) is 11.9 Å². The van der Waals surface area contributed by atoms with Crippen LogP contribution in [-0.2, 0) is 9.59 Å². The smallest absolute Gasteiger partial charge is 0.324 e. The lowest BCUT2D eigenvalue weighted by atomic mass is 9.64. The molecule has 3 rings (SSSR count). The Morgan fingerprint density at radius 2 is 2.04 bits per heavy atom. The Morgan fingerprint density at radius 3 is 2.67 bits per heavy atom. The van der Waals surface area contributed by atoms with Gasteiger partial charge in [0, 0.05) is 5.69 Å². The number of benzene rings is 1. The molecule has 0 radical (unpaired) electrons. The number of carbonyl (C=O) groups is 3. The molecule has 27 heavy (non-hydrogen) atoms. The van der Waals surface area contributed by atoms with E-state index in [4.69, 9.17) is 0 Å². The van der Waals surface area contributed by atoms with Crippen LogP contribution in [0.1, 0.15) is 45.6 Å². The van der Waals surface area contributed by atoms with Crippen molar-refractivity contribution >= 4 is 23.5 Å². The summed E-state index contributed by atoms with van der Waals surface area (Å²) in [5, 5.41) is 5.38. The van der Waals surface area contributed by atoms with Gasteiger partial charge in [0.1, 0.15) is 17.9 Å². The molecule has 2 fully saturated rings. The van der Waals surface area contributed by atoms with Crippen LogP contribution >= 0.6 is 0 Å². The van der Waals surface area contributed by atoms with Crippen molar-refractivity contribution in [2.24, 2.45) is 11.3 Å². The molecule has 0 bridgehead atoms. The van der Waals surface area contributed by atoms with Gasteiger partial charge in [0.15, 0.2) is 0 Å². The number of urea groups is 1. The summed E-state index contributed by atoms with van der Waals surface area (Å²) in [6, 6.07) is 3.80. The number of imide groups is 1. The first-order valence-corrected chi connectivity index (χ1v) is 9.21. The van der Waals surface area contributed by atoms with Gasteiger partial charge in [-0.2, -0.15) is 0 Å². The first kappa shape index (κ1) is 19.3. The largest absolute Gasteiger partial charge is 0.325 e. The molecule has 0 unspecified atom stereocenters. The summed E-state index contributed by atoms with van der Waals surface area (Å²) in [6.45, 7) is 7.48. The number of hydrogen-bond acceptors (Lipinski definition) is 3. The number of halogens is 1. The van der Waals surface area contributed by atoms with E-state index in [2.05, 4.69) is 31.4 Å². The average Bonchev–Trinajstić information content (AvgIpc) is 2.72. The molecule has 1 aliphatic carbocycles. The minimum atomic E-state index is -0.936. The van der Waals surface area contributed by atoms with Crippen LogP contribution in [0.4, 0.5) is 14.9 Å². The van der Waals surface area contributed by atoms with E-state index in [1.54, 1.807) is 19.1 Å². The highest BCUT2D eigenvalue weighted by molar-refractivity contribution is 6.10. The summed E-state index contributed by atoms with van der Waals surface area (Å²) >= 11 is 0. The van der Waals surface area contributed by atoms with Gasteiger partial charge in [0.05, 0.1) is 0 Å². The number of amides is 4. The highest BCUT2D eigenvalue weighted by Crippen LogP contribution is 2.46. The van der Waals surface area contributed by atoms with Crippen molar-refractivity contribution in [1.82, 2.24) is 10.2 Å². The molecule has 7 heteroatoms. The molecule has 1 aromatic rings. The summed E-state index contributed by atoms with van der Waals surface area (Å²) in [6.07, 6.45) is 2.11. The molecule has 0 aromatic heterocycles. The van der Waals surface area contributed by atoms with Gasteiger partial charge < -0.3 is 10.6 Å². The van der Waals surface area contributed by atoms with E-state index in [-0.39, 0.29) is 17.0 Å². The molecule has 146 valence electrons. The van der Waals surface area contributed by atoms with Gasteiger partial charge >= 0.3 is 6.03 Å². The molecule has 1 saturated heterocycles. The van der Waals surface area contributed by atoms with Crippen molar-refractivity contribution in [1.29, 1.82) is 0 Å². The van der Waals surface area contributed by atoms with Gasteiger partial charge in [-0.3, -0.25) is 14.5 Å². The Kier molecular flexibility index (Phi) is 4.74. The van der Waals surface area contributed by atoms with Gasteiger partial charge in [-0.05, 0) is 55.2 Å². The van der Waals surface area contributed by atoms with E-state index in [1.165, 1.54) is 6.07 Å². The minimum Gasteiger partial charge on any atom is -0.324 e. The van der Waals surface area contributed by atoms with E-state index in [1.807, 2.05) is 0 Å². The summed E-state index contributed by atoms with van der Waals surface area (Å²) in [5.41, 5.74) is -0.248. The molecule has 2 aliphatic rings. The second-order valence-electron chi connectivity index (χ2n) is 8.77. The van der Waals surface area contributed by atoms with Crippen molar-refractivity contribution < 1.29 is 18.8 Å². The molecule has 4 amide bonds. The lowest BCUT2D eigenvalue weighted by Crippen LogP contribution is -2.54. The summed E-state index contributed by atoms with van der Waals surface area (Å²) in [5.74, 6) is -1.03. The van der Waals surface area contributed by atoms with Crippen LogP contribution < -0.4 is 10.6 Å². The molecule has 1 heterocycles. The Bertz CT molecular complexity index is 808. The van der Waals surface area contributed by atoms with Gasteiger partial charge in [-0.25, -0.2) is 9.18 Å². The van der Waals surface area contributed by atoms with Gasteiger partial charge in [0.25, 0.3) is 5.91 Å². The Hall–Kier alpha value is -2.44. The lowest BCUT2D eigenvalue weighted by molar-refractivity contribution is -0.136. The molecule has 6 nitrogen and oxygen atoms in total. The predicted octanol–water partition coefficient (Wildman–Crippen LogP) is 3.21. The summed E-state index contributed by atoms with van der Waals surface area (Å²) < 4.78 is 13.6. The standard InChI is InChI=1S/C20H26FN3O3/c1-12-8-19(3,4)11-20(9-12)17(26)24(18(27)23-20)10-16(25)22-14-6-5-13(2)15(21)7-14/h5-7,12H,8-11H2,1-4H3,(H,22,25)(H,23,27)/t12-,20-/m0/s1. The zero-order chi connectivity index (χ0) is 20.0. The molecule has 1 aromatic carbocycles. The lowest BCUT2D eigenvalue weighted by Gasteiger charge is -2.43. The number of hydrogen-bond donors (Lipinski definition) is 2. The molecular weight excluding hydrogens is 349 g/mol. The van der Waals surface area contributed by atoms with Crippen molar-refractivity contribution in [3.63, 3.8) is 0 Å². The molecule has 1 saturated carbocycles. The molecule has 1 spiro atoms. The molecule has 1 aliphatic heterocycles. The summed E-state index contributed by atoms with van der Waals surface area (Å²) in [4.78, 5) is 38.7. The van der Waals surface area contributed by atoms with E-state index in [0.29, 0.717) is 24.3 Å². The quantitative estimate of drug-likeness (QED) is 0.797. The fourth-order valence-electron chi connectivity index (χ4n) is 4.66. The third kappa shape index (κ3) is 3.82. The van der Waals surface area contributed by atoms with E-state index in [9.17, 15) is 18.8 Å². The van der Waals surface area contributed by atoms with Gasteiger partial charge in [0.2, 0.25) is 5.91 Å². The Labute approximate surface area is 158 Å². The van der Waals surface area contributed by atoms with Crippen molar-refractivity contribution in [2.45, 2.75) is 52.5 Å². The third-order valence-corrected chi connectivity index (χ3v) is 5.38. The fraction of sp³-hybridized carbons (Fsp3) is 0.550. The average molecular weight is 375 g/mol. The minimum absolute atomic E-state index is 0.0711. The van der Waals surface area contributed by atoms with Crippen LogP contribution in [0.5, 0.6) is 0 Å². The van der Waals surface area contributed by atoms with Crippen LogP contribution in [0.25, 0.3) is 0 Å². The second kappa shape index (κ2) is 6.62. The highest BCUT2D eigenvalue weighted by atomic mass is 19.1. The van der Waals surface area contributed by atoms with E-state index in [0.717, 1.165) is 11.3 Å². The number of nitrogens with zero attached hydrogens (tertiary/aromatic N) is 1. The van der Waals surface area contributed by atoms with Crippen molar-refractivity contribution in [3.8, 4) is 0 Å². The number of rotatable bonds is 3. The first-order chi connectivity index (χ1) is 12.5. The highest BCUT2D eigenvalue weighted by Gasteiger charge is 2.56. The first-order valence-electron chi connectivity index (χ1n) is 9.21. The molecular formula is C20H26FN3O3. The monoisotopic (exact) mass is 375 g/mol. The SMILES string of the molecule is Cc1ccc(NC(=O)CN2C(=O)N[C@]3(C[C@@H](C)CC(C)(C)C3)C2=O)cc1F. The van der Waals surface area contributed by atoms with E-state index >= 15 is 0 Å². The van der Waals surface area contributed by atoms with Crippen LogP contribution in [-0.4, -0.2) is 34.8 Å². The van der Waals surface area contributed by atoms with Crippen LogP contribution in [0, 0.1) is 24.1 Å². The Morgan fingerprint density at radius 1 is 1.33 bits per heavy atom. The van der Waals surface area contributed by atoms with Crippen LogP contribution in [0.2, 0.25) is 0 Å². The molecule has 2 atom stereocenters. The van der Waals surface area contributed by atoms with Crippen LogP contribution in [0.3, 0.4) is 0 Å². The van der Waals surface area contributed by atoms with Crippen LogP contribution in [0.15, 0.2) is 18.2 Å². The number of carbonyl (C=O) groups excluding carboxylic acids is 3. The molecule has 2 N–H and O–H groups in total. The predicted molar refractivity (Wildman–Crippen MR) is 99.5 cm³/mol. The third-order valence-electron chi connectivity index (χ3n) is 5.38. The topological polar surface area (TPSA) is 78.5 Å². The van der Waals surface area contributed by atoms with E-state index < -0.39 is 29.8 Å². The Balaban J connectivity index is 1.72. The fourth-order valence-corrected chi connectivity index (χ4v) is 4.66. The number of nitrogens with one attached hydrogen (secondary N) is 2. The zero-order valence-electron chi connectivity index (χ0n) is 16.2. The maximum atomic E-state index is 13.6. The number of anilines is 1. The summed E-state index contributed by atoms with van der Waals surface area (Å²) in [7, 11) is 0. The normalized spacial score (nSPS) is 27.0. The maximum Gasteiger partial charge on any atom is 0.325 e.